The Bertz CT molecular complexity index is 269. The van der Waals surface area contributed by atoms with E-state index in [-0.39, 0.29) is 37.0 Å². The van der Waals surface area contributed by atoms with Gasteiger partial charge in [-0.1, -0.05) is 13.8 Å². The molecule has 2 aliphatic carbocycles. The van der Waals surface area contributed by atoms with Gasteiger partial charge in [0, 0.05) is 0 Å². The van der Waals surface area contributed by atoms with Crippen LogP contribution in [0.1, 0.15) is 26.7 Å². The highest BCUT2D eigenvalue weighted by Gasteiger charge is 2.41. The van der Waals surface area contributed by atoms with Crippen LogP contribution in [0.3, 0.4) is 0 Å². The summed E-state index contributed by atoms with van der Waals surface area (Å²) < 4.78 is 10.00. The molecule has 0 radical (unpaired) electrons. The SMILES string of the molecule is CC1CC1C(=O)OCCOC(=O)C1CC1C. The summed E-state index contributed by atoms with van der Waals surface area (Å²) in [5, 5.41) is 0. The predicted octanol–water partition coefficient (Wildman–Crippen LogP) is 1.38. The smallest absolute Gasteiger partial charge is 0.309 e. The van der Waals surface area contributed by atoms with E-state index in [0.29, 0.717) is 11.8 Å². The van der Waals surface area contributed by atoms with E-state index >= 15 is 0 Å². The maximum absolute atomic E-state index is 11.3. The molecule has 16 heavy (non-hydrogen) atoms. The van der Waals surface area contributed by atoms with Gasteiger partial charge in [-0.15, -0.1) is 0 Å². The molecule has 2 rings (SSSR count). The fourth-order valence-electron chi connectivity index (χ4n) is 1.80. The Morgan fingerprint density at radius 3 is 1.50 bits per heavy atom. The minimum atomic E-state index is -0.150. The first-order valence-electron chi connectivity index (χ1n) is 5.93. The molecule has 4 nitrogen and oxygen atoms in total. The molecule has 2 aliphatic rings. The van der Waals surface area contributed by atoms with E-state index in [2.05, 4.69) is 0 Å². The Morgan fingerprint density at radius 2 is 1.25 bits per heavy atom. The fraction of sp³-hybridized carbons (Fsp3) is 0.833. The first-order chi connectivity index (χ1) is 7.59. The Labute approximate surface area is 95.3 Å². The monoisotopic (exact) mass is 226 g/mol. The van der Waals surface area contributed by atoms with Crippen molar-refractivity contribution in [3.05, 3.63) is 0 Å². The van der Waals surface area contributed by atoms with Gasteiger partial charge in [-0.25, -0.2) is 0 Å². The Hall–Kier alpha value is -1.06. The number of carbonyl (C=O) groups excluding carboxylic acids is 2. The van der Waals surface area contributed by atoms with Crippen LogP contribution in [-0.4, -0.2) is 25.2 Å². The lowest BCUT2D eigenvalue weighted by Crippen LogP contribution is -2.16. The average Bonchev–Trinajstić information content (AvgIpc) is 3.11. The molecule has 0 aliphatic heterocycles. The maximum Gasteiger partial charge on any atom is 0.309 e. The van der Waals surface area contributed by atoms with Crippen molar-refractivity contribution in [1.82, 2.24) is 0 Å². The normalized spacial score (nSPS) is 35.4. The van der Waals surface area contributed by atoms with Crippen molar-refractivity contribution in [2.24, 2.45) is 23.7 Å². The van der Waals surface area contributed by atoms with Crippen molar-refractivity contribution in [3.63, 3.8) is 0 Å². The summed E-state index contributed by atoms with van der Waals surface area (Å²) in [5.41, 5.74) is 0. The summed E-state index contributed by atoms with van der Waals surface area (Å²) >= 11 is 0. The lowest BCUT2D eigenvalue weighted by atomic mass is 10.3. The maximum atomic E-state index is 11.3. The summed E-state index contributed by atoms with van der Waals surface area (Å²) in [6, 6.07) is 0. The van der Waals surface area contributed by atoms with Crippen LogP contribution < -0.4 is 0 Å². The zero-order chi connectivity index (χ0) is 11.7. The van der Waals surface area contributed by atoms with E-state index in [1.54, 1.807) is 0 Å². The molecule has 4 atom stereocenters. The number of hydrogen-bond acceptors (Lipinski definition) is 4. The molecular formula is C12H18O4. The predicted molar refractivity (Wildman–Crippen MR) is 56.5 cm³/mol. The van der Waals surface area contributed by atoms with Gasteiger partial charge in [-0.3, -0.25) is 9.59 Å². The van der Waals surface area contributed by atoms with Crippen molar-refractivity contribution < 1.29 is 19.1 Å². The highest BCUT2D eigenvalue weighted by atomic mass is 16.6. The van der Waals surface area contributed by atoms with Crippen molar-refractivity contribution in [3.8, 4) is 0 Å². The molecule has 0 aromatic carbocycles. The molecule has 4 unspecified atom stereocenters. The van der Waals surface area contributed by atoms with Crippen LogP contribution in [0.2, 0.25) is 0 Å². The minimum absolute atomic E-state index is 0.0826. The third kappa shape index (κ3) is 2.74. The van der Waals surface area contributed by atoms with Gasteiger partial charge in [0.25, 0.3) is 0 Å². The second kappa shape index (κ2) is 4.44. The second-order valence-electron chi connectivity index (χ2n) is 4.97. The van der Waals surface area contributed by atoms with E-state index in [1.807, 2.05) is 13.8 Å². The molecule has 2 saturated carbocycles. The highest BCUT2D eigenvalue weighted by molar-refractivity contribution is 5.76. The Balaban J connectivity index is 1.52. The van der Waals surface area contributed by atoms with Crippen LogP contribution >= 0.6 is 0 Å². The van der Waals surface area contributed by atoms with Gasteiger partial charge in [0.15, 0.2) is 0 Å². The van der Waals surface area contributed by atoms with Gasteiger partial charge in [0.2, 0.25) is 0 Å². The lowest BCUT2D eigenvalue weighted by Gasteiger charge is -2.05. The van der Waals surface area contributed by atoms with Crippen LogP contribution in [0.5, 0.6) is 0 Å². The number of carbonyl (C=O) groups is 2. The molecule has 0 saturated heterocycles. The van der Waals surface area contributed by atoms with Gasteiger partial charge < -0.3 is 9.47 Å². The summed E-state index contributed by atoms with van der Waals surface area (Å²) in [7, 11) is 0. The Kier molecular flexibility index (Phi) is 3.17. The molecule has 2 fully saturated rings. The zero-order valence-electron chi connectivity index (χ0n) is 9.77. The van der Waals surface area contributed by atoms with Crippen molar-refractivity contribution in [2.75, 3.05) is 13.2 Å². The molecular weight excluding hydrogens is 208 g/mol. The quantitative estimate of drug-likeness (QED) is 0.525. The topological polar surface area (TPSA) is 52.6 Å². The molecule has 0 N–H and O–H groups in total. The zero-order valence-corrected chi connectivity index (χ0v) is 9.77. The van der Waals surface area contributed by atoms with Crippen LogP contribution in [0.15, 0.2) is 0 Å². The van der Waals surface area contributed by atoms with Gasteiger partial charge in [0.05, 0.1) is 11.8 Å². The van der Waals surface area contributed by atoms with Crippen LogP contribution in [-0.2, 0) is 19.1 Å². The third-order valence-electron chi connectivity index (χ3n) is 3.40. The van der Waals surface area contributed by atoms with E-state index in [1.165, 1.54) is 0 Å². The van der Waals surface area contributed by atoms with Crippen LogP contribution in [0, 0.1) is 23.7 Å². The lowest BCUT2D eigenvalue weighted by molar-refractivity contribution is -0.154. The standard InChI is InChI=1S/C12H18O4/c1-7-5-9(7)11(13)15-3-4-16-12(14)10-6-8(10)2/h7-10H,3-6H2,1-2H3. The van der Waals surface area contributed by atoms with Crippen LogP contribution in [0.25, 0.3) is 0 Å². The fourth-order valence-corrected chi connectivity index (χ4v) is 1.80. The van der Waals surface area contributed by atoms with Crippen LogP contribution in [0.4, 0.5) is 0 Å². The summed E-state index contributed by atoms with van der Waals surface area (Å²) in [6.45, 7) is 4.44. The average molecular weight is 226 g/mol. The minimum Gasteiger partial charge on any atom is -0.462 e. The molecule has 4 heteroatoms. The van der Waals surface area contributed by atoms with E-state index < -0.39 is 0 Å². The van der Waals surface area contributed by atoms with E-state index in [9.17, 15) is 9.59 Å². The number of hydrogen-bond donors (Lipinski definition) is 0. The number of esters is 2. The molecule has 0 aromatic rings. The van der Waals surface area contributed by atoms with Crippen molar-refractivity contribution >= 4 is 11.9 Å². The summed E-state index contributed by atoms with van der Waals surface area (Å²) in [6.07, 6.45) is 1.86. The third-order valence-corrected chi connectivity index (χ3v) is 3.40. The van der Waals surface area contributed by atoms with Gasteiger partial charge in [-0.2, -0.15) is 0 Å². The molecule has 0 amide bonds. The first kappa shape index (κ1) is 11.4. The van der Waals surface area contributed by atoms with Gasteiger partial charge in [0.1, 0.15) is 13.2 Å². The largest absolute Gasteiger partial charge is 0.462 e. The second-order valence-corrected chi connectivity index (χ2v) is 4.97. The molecule has 0 bridgehead atoms. The van der Waals surface area contributed by atoms with Gasteiger partial charge >= 0.3 is 11.9 Å². The van der Waals surface area contributed by atoms with Gasteiger partial charge in [-0.05, 0) is 24.7 Å². The number of ether oxygens (including phenoxy) is 2. The van der Waals surface area contributed by atoms with E-state index in [4.69, 9.17) is 9.47 Å². The number of rotatable bonds is 5. The molecule has 0 aromatic heterocycles. The molecule has 90 valence electrons. The van der Waals surface area contributed by atoms with Crippen molar-refractivity contribution in [2.45, 2.75) is 26.7 Å². The van der Waals surface area contributed by atoms with Crippen molar-refractivity contribution in [1.29, 1.82) is 0 Å². The first-order valence-corrected chi connectivity index (χ1v) is 5.93. The highest BCUT2D eigenvalue weighted by Crippen LogP contribution is 2.39. The van der Waals surface area contributed by atoms with E-state index in [0.717, 1.165) is 12.8 Å². The summed E-state index contributed by atoms with van der Waals surface area (Å²) in [4.78, 5) is 22.6. The molecule has 0 heterocycles. The Morgan fingerprint density at radius 1 is 0.938 bits per heavy atom. The molecule has 0 spiro atoms. The summed E-state index contributed by atoms with van der Waals surface area (Å²) in [5.74, 6) is 0.787.